The van der Waals surface area contributed by atoms with Crippen LogP contribution in [0.2, 0.25) is 33.2 Å². The van der Waals surface area contributed by atoms with E-state index in [1.807, 2.05) is 0 Å². The van der Waals surface area contributed by atoms with Gasteiger partial charge in [-0.2, -0.15) is 0 Å². The molecule has 2 aromatic heterocycles. The zero-order chi connectivity index (χ0) is 30.0. The maximum atomic E-state index is 13.3. The minimum absolute atomic E-state index is 0.0328. The topological polar surface area (TPSA) is 112 Å². The summed E-state index contributed by atoms with van der Waals surface area (Å²) in [6.45, 7) is 12.0. The largest absolute Gasteiger partial charge is 0.491 e. The number of nitrogens with zero attached hydrogens (tertiary/aromatic N) is 2. The van der Waals surface area contributed by atoms with Gasteiger partial charge in [0.2, 0.25) is 12.0 Å². The fourth-order valence-corrected chi connectivity index (χ4v) is 5.61. The molecule has 218 valence electrons. The number of aryl methyl sites for hydroxylation is 1. The molecule has 1 atom stereocenters. The van der Waals surface area contributed by atoms with Gasteiger partial charge in [-0.05, 0) is 25.1 Å². The Morgan fingerprint density at radius 3 is 2.33 bits per heavy atom. The van der Waals surface area contributed by atoms with Gasteiger partial charge >= 0.3 is 0 Å². The first kappa shape index (κ1) is 32.2. The van der Waals surface area contributed by atoms with Crippen molar-refractivity contribution in [2.24, 2.45) is 0 Å². The van der Waals surface area contributed by atoms with Gasteiger partial charge in [-0.1, -0.05) is 55.6 Å². The summed E-state index contributed by atoms with van der Waals surface area (Å²) in [5, 5.41) is 12.2. The van der Waals surface area contributed by atoms with E-state index in [9.17, 15) is 9.59 Å². The lowest BCUT2D eigenvalue weighted by Crippen LogP contribution is -2.47. The summed E-state index contributed by atoms with van der Waals surface area (Å²) in [6, 6.07) is 4.49. The molecule has 3 aromatic rings. The van der Waals surface area contributed by atoms with Crippen LogP contribution in [0.5, 0.6) is 11.6 Å². The Morgan fingerprint density at radius 2 is 1.77 bits per heavy atom. The van der Waals surface area contributed by atoms with Crippen molar-refractivity contribution in [1.29, 1.82) is 0 Å². The Kier molecular flexibility index (Phi) is 10.2. The van der Waals surface area contributed by atoms with Crippen LogP contribution in [0.1, 0.15) is 26.5 Å². The molecule has 40 heavy (non-hydrogen) atoms. The SMILES string of the molecule is CNC(=O)[C@H](CO[Si](C)(C)C(C)(C)C)Oc1ncc(Cl)c2c1c(=O)cc(C)n2-c1c(Cl)cc(OCCO)cc1Cl. The van der Waals surface area contributed by atoms with Gasteiger partial charge in [0.25, 0.3) is 5.91 Å². The minimum atomic E-state index is -2.22. The predicted octanol–water partition coefficient (Wildman–Crippen LogP) is 5.54. The number of likely N-dealkylation sites (N-methyl/N-ethyl adjacent to an activating group) is 1. The van der Waals surface area contributed by atoms with Crippen LogP contribution < -0.4 is 20.2 Å². The summed E-state index contributed by atoms with van der Waals surface area (Å²) in [7, 11) is -0.732. The molecule has 0 unspecified atom stereocenters. The van der Waals surface area contributed by atoms with Crippen molar-refractivity contribution in [1.82, 2.24) is 14.9 Å². The number of fused-ring (bicyclic) bond motifs is 1. The molecule has 0 bridgehead atoms. The highest BCUT2D eigenvalue weighted by atomic mass is 35.5. The fraction of sp³-hybridized carbons (Fsp3) is 0.444. The van der Waals surface area contributed by atoms with Gasteiger partial charge < -0.3 is 28.9 Å². The number of aromatic nitrogens is 2. The normalized spacial score (nSPS) is 12.9. The van der Waals surface area contributed by atoms with E-state index in [1.165, 1.54) is 19.3 Å². The van der Waals surface area contributed by atoms with Crippen LogP contribution in [0.3, 0.4) is 0 Å². The number of ether oxygens (including phenoxy) is 2. The van der Waals surface area contributed by atoms with E-state index >= 15 is 0 Å². The van der Waals surface area contributed by atoms with Crippen LogP contribution in [-0.4, -0.2) is 61.9 Å². The highest BCUT2D eigenvalue weighted by Gasteiger charge is 2.38. The number of rotatable bonds is 10. The van der Waals surface area contributed by atoms with E-state index in [2.05, 4.69) is 44.2 Å². The molecule has 1 aromatic carbocycles. The average Bonchev–Trinajstić information content (AvgIpc) is 2.86. The number of hydrogen-bond acceptors (Lipinski definition) is 7. The standard InChI is InChI=1S/C27H34Cl3N3O6Si/c1-15-10-20(35)22-24(33(15)23-17(28)11-16(12-18(23)29)37-9-8-34)19(30)13-32-26(22)39-21(25(36)31-5)14-38-40(6,7)27(2,3)4/h10-13,21,34H,8-9,14H2,1-7H3,(H,31,36)/t21-/m0/s1. The van der Waals surface area contributed by atoms with Crippen LogP contribution in [-0.2, 0) is 9.22 Å². The van der Waals surface area contributed by atoms with Gasteiger partial charge in [-0.15, -0.1) is 0 Å². The van der Waals surface area contributed by atoms with Gasteiger partial charge in [0.15, 0.2) is 13.7 Å². The van der Waals surface area contributed by atoms with E-state index in [-0.39, 0.29) is 56.7 Å². The molecule has 3 rings (SSSR count). The maximum Gasteiger partial charge on any atom is 0.263 e. The summed E-state index contributed by atoms with van der Waals surface area (Å²) in [5.41, 5.74) is 0.689. The number of aliphatic hydroxyl groups excluding tert-OH is 1. The first-order valence-electron chi connectivity index (χ1n) is 12.6. The van der Waals surface area contributed by atoms with E-state index in [0.29, 0.717) is 17.1 Å². The predicted molar refractivity (Wildman–Crippen MR) is 161 cm³/mol. The highest BCUT2D eigenvalue weighted by Crippen LogP contribution is 2.39. The molecule has 0 aliphatic rings. The Labute approximate surface area is 249 Å². The van der Waals surface area contributed by atoms with Gasteiger partial charge in [0.1, 0.15) is 17.7 Å². The summed E-state index contributed by atoms with van der Waals surface area (Å²) in [5.74, 6) is -0.149. The molecule has 9 nitrogen and oxygen atoms in total. The molecular formula is C27H34Cl3N3O6Si. The second-order valence-corrected chi connectivity index (χ2v) is 16.8. The molecule has 0 saturated heterocycles. The lowest BCUT2D eigenvalue weighted by Gasteiger charge is -2.37. The van der Waals surface area contributed by atoms with Crippen molar-refractivity contribution in [2.75, 3.05) is 26.9 Å². The number of carbonyl (C=O) groups is 1. The molecule has 2 N–H and O–H groups in total. The first-order valence-corrected chi connectivity index (χ1v) is 16.6. The molecule has 1 amide bonds. The van der Waals surface area contributed by atoms with Crippen molar-refractivity contribution in [3.8, 4) is 17.3 Å². The molecule has 0 aliphatic carbocycles. The second kappa shape index (κ2) is 12.7. The monoisotopic (exact) mass is 629 g/mol. The third-order valence-corrected chi connectivity index (χ3v) is 12.3. The van der Waals surface area contributed by atoms with Gasteiger partial charge in [0.05, 0.1) is 45.7 Å². The smallest absolute Gasteiger partial charge is 0.263 e. The summed E-state index contributed by atoms with van der Waals surface area (Å²) in [6.07, 6.45) is 0.255. The molecule has 0 spiro atoms. The number of aliphatic hydroxyl groups is 1. The minimum Gasteiger partial charge on any atom is -0.491 e. The fourth-order valence-electron chi connectivity index (χ4n) is 3.74. The number of amides is 1. The first-order chi connectivity index (χ1) is 18.6. The number of pyridine rings is 2. The Bertz CT molecular complexity index is 1450. The number of hydrogen-bond donors (Lipinski definition) is 2. The Morgan fingerprint density at radius 1 is 1.15 bits per heavy atom. The molecule has 0 aliphatic heterocycles. The number of nitrogens with one attached hydrogen (secondary N) is 1. The van der Waals surface area contributed by atoms with Crippen LogP contribution in [0.15, 0.2) is 29.2 Å². The van der Waals surface area contributed by atoms with E-state index in [0.717, 1.165) is 0 Å². The Hall–Kier alpha value is -2.34. The Balaban J connectivity index is 2.18. The van der Waals surface area contributed by atoms with E-state index in [1.54, 1.807) is 23.6 Å². The zero-order valence-electron chi connectivity index (χ0n) is 23.5. The quantitative estimate of drug-likeness (QED) is 0.283. The van der Waals surface area contributed by atoms with Gasteiger partial charge in [-0.25, -0.2) is 4.98 Å². The highest BCUT2D eigenvalue weighted by molar-refractivity contribution is 6.74. The van der Waals surface area contributed by atoms with Crippen LogP contribution in [0.25, 0.3) is 16.6 Å². The van der Waals surface area contributed by atoms with Crippen LogP contribution >= 0.6 is 34.8 Å². The van der Waals surface area contributed by atoms with Crippen LogP contribution in [0, 0.1) is 6.92 Å². The lowest BCUT2D eigenvalue weighted by molar-refractivity contribution is -0.129. The van der Waals surface area contributed by atoms with Crippen molar-refractivity contribution < 1.29 is 23.8 Å². The maximum absolute atomic E-state index is 13.3. The average molecular weight is 631 g/mol. The molecule has 13 heteroatoms. The third-order valence-electron chi connectivity index (χ3n) is 6.90. The lowest BCUT2D eigenvalue weighted by atomic mass is 10.1. The van der Waals surface area contributed by atoms with Crippen molar-refractivity contribution >= 4 is 59.9 Å². The van der Waals surface area contributed by atoms with Gasteiger partial charge in [-0.3, -0.25) is 9.59 Å². The van der Waals surface area contributed by atoms with Gasteiger partial charge in [0, 0.05) is 30.9 Å². The summed E-state index contributed by atoms with van der Waals surface area (Å²) < 4.78 is 19.4. The molecular weight excluding hydrogens is 597 g/mol. The number of benzene rings is 1. The van der Waals surface area contributed by atoms with Crippen molar-refractivity contribution in [2.45, 2.75) is 51.9 Å². The third kappa shape index (κ3) is 6.75. The second-order valence-electron chi connectivity index (χ2n) is 10.7. The summed E-state index contributed by atoms with van der Waals surface area (Å²) in [4.78, 5) is 30.4. The van der Waals surface area contributed by atoms with E-state index < -0.39 is 25.8 Å². The molecule has 0 radical (unpaired) electrons. The number of carbonyl (C=O) groups excluding carboxylic acids is 1. The van der Waals surface area contributed by atoms with Crippen LogP contribution in [0.4, 0.5) is 0 Å². The zero-order valence-corrected chi connectivity index (χ0v) is 26.8. The van der Waals surface area contributed by atoms with Crippen molar-refractivity contribution in [3.05, 3.63) is 55.4 Å². The van der Waals surface area contributed by atoms with E-state index in [4.69, 9.17) is 53.8 Å². The molecule has 0 saturated carbocycles. The summed E-state index contributed by atoms with van der Waals surface area (Å²) >= 11 is 19.9. The molecule has 2 heterocycles. The van der Waals surface area contributed by atoms with Crippen molar-refractivity contribution in [3.63, 3.8) is 0 Å². The number of halogens is 3. The molecule has 0 fully saturated rings.